The molecule has 0 saturated heterocycles. The van der Waals surface area contributed by atoms with Gasteiger partial charge in [-0.05, 0) is 42.9 Å². The summed E-state index contributed by atoms with van der Waals surface area (Å²) in [5, 5.41) is 16.6. The molecule has 0 spiro atoms. The maximum atomic E-state index is 12.3. The van der Waals surface area contributed by atoms with Crippen LogP contribution in [-0.2, 0) is 13.0 Å². The predicted octanol–water partition coefficient (Wildman–Crippen LogP) is 2.60. The summed E-state index contributed by atoms with van der Waals surface area (Å²) in [5.41, 5.74) is 1.49. The maximum Gasteiger partial charge on any atom is 0.251 e. The maximum absolute atomic E-state index is 12.3. The van der Waals surface area contributed by atoms with E-state index >= 15 is 0 Å². The number of amides is 1. The van der Waals surface area contributed by atoms with Crippen LogP contribution in [-0.4, -0.2) is 48.2 Å². The molecule has 3 rings (SSSR count). The van der Waals surface area contributed by atoms with Gasteiger partial charge in [-0.1, -0.05) is 25.6 Å². The highest BCUT2D eigenvalue weighted by Gasteiger charge is 2.12. The lowest BCUT2D eigenvalue weighted by molar-refractivity contribution is 0.0953. The Labute approximate surface area is 168 Å². The van der Waals surface area contributed by atoms with Crippen molar-refractivity contribution in [3.05, 3.63) is 48.3 Å². The minimum Gasteiger partial charge on any atom is -0.352 e. The van der Waals surface area contributed by atoms with Crippen molar-refractivity contribution in [3.63, 3.8) is 0 Å². The predicted molar refractivity (Wildman–Crippen MR) is 109 cm³/mol. The molecule has 0 atom stereocenters. The Morgan fingerprint density at radius 3 is 2.64 bits per heavy atom. The molecule has 1 aromatic carbocycles. The molecule has 1 amide bonds. The number of carbonyl (C=O) groups excluding carboxylic acids is 1. The number of aryl methyl sites for hydroxylation is 1. The molecule has 0 saturated carbocycles. The third-order valence-electron chi connectivity index (χ3n) is 4.20. The van der Waals surface area contributed by atoms with Crippen molar-refractivity contribution in [2.24, 2.45) is 5.92 Å². The van der Waals surface area contributed by atoms with Crippen molar-refractivity contribution >= 4 is 17.7 Å². The zero-order chi connectivity index (χ0) is 19.9. The average molecular weight is 400 g/mol. The van der Waals surface area contributed by atoms with Crippen LogP contribution in [0.25, 0.3) is 5.69 Å². The van der Waals surface area contributed by atoms with Gasteiger partial charge < -0.3 is 9.88 Å². The number of rotatable bonds is 9. The minimum absolute atomic E-state index is 0.0846. The molecule has 2 heterocycles. The molecule has 28 heavy (non-hydrogen) atoms. The van der Waals surface area contributed by atoms with Gasteiger partial charge in [-0.25, -0.2) is 9.67 Å². The van der Waals surface area contributed by atoms with Crippen LogP contribution in [0.15, 0.2) is 42.1 Å². The van der Waals surface area contributed by atoms with E-state index in [-0.39, 0.29) is 5.91 Å². The molecule has 9 heteroatoms. The van der Waals surface area contributed by atoms with Crippen LogP contribution >= 0.6 is 11.8 Å². The van der Waals surface area contributed by atoms with Crippen LogP contribution in [0.5, 0.6) is 0 Å². The second-order valence-electron chi connectivity index (χ2n) is 6.85. The van der Waals surface area contributed by atoms with Crippen LogP contribution in [0.4, 0.5) is 0 Å². The normalized spacial score (nSPS) is 11.1. The highest BCUT2D eigenvalue weighted by atomic mass is 32.2. The Balaban J connectivity index is 1.50. The number of thioether (sulfide) groups is 1. The molecule has 2 aromatic heterocycles. The van der Waals surface area contributed by atoms with Crippen LogP contribution in [0, 0.1) is 5.92 Å². The number of nitrogens with zero attached hydrogens (tertiary/aromatic N) is 6. The topological polar surface area (TPSA) is 90.5 Å². The first kappa shape index (κ1) is 20.1. The lowest BCUT2D eigenvalue weighted by Crippen LogP contribution is -2.25. The zero-order valence-corrected chi connectivity index (χ0v) is 17.2. The van der Waals surface area contributed by atoms with Gasteiger partial charge in [0, 0.05) is 25.1 Å². The van der Waals surface area contributed by atoms with Gasteiger partial charge in [-0.2, -0.15) is 5.10 Å². The van der Waals surface area contributed by atoms with E-state index in [0.29, 0.717) is 18.0 Å². The van der Waals surface area contributed by atoms with Gasteiger partial charge in [-0.15, -0.1) is 10.2 Å². The fourth-order valence-electron chi connectivity index (χ4n) is 2.86. The molecule has 148 valence electrons. The summed E-state index contributed by atoms with van der Waals surface area (Å²) in [4.78, 5) is 16.3. The lowest BCUT2D eigenvalue weighted by atomic mass is 10.2. The van der Waals surface area contributed by atoms with Crippen molar-refractivity contribution in [2.75, 3.05) is 12.8 Å². The Bertz CT molecular complexity index is 888. The van der Waals surface area contributed by atoms with Gasteiger partial charge in [0.2, 0.25) is 0 Å². The summed E-state index contributed by atoms with van der Waals surface area (Å²) in [6, 6.07) is 7.27. The van der Waals surface area contributed by atoms with Crippen molar-refractivity contribution in [1.82, 2.24) is 34.8 Å². The highest BCUT2D eigenvalue weighted by molar-refractivity contribution is 7.98. The van der Waals surface area contributed by atoms with Gasteiger partial charge in [0.1, 0.15) is 18.5 Å². The zero-order valence-electron chi connectivity index (χ0n) is 16.4. The molecular weight excluding hydrogens is 374 g/mol. The van der Waals surface area contributed by atoms with Crippen LogP contribution in [0.3, 0.4) is 0 Å². The molecule has 3 aromatic rings. The number of hydrogen-bond acceptors (Lipinski definition) is 6. The molecular formula is C19H25N7OS. The summed E-state index contributed by atoms with van der Waals surface area (Å²) in [6.07, 6.45) is 6.71. The number of aromatic nitrogens is 6. The third-order valence-corrected chi connectivity index (χ3v) is 4.87. The Hall–Kier alpha value is -2.68. The fraction of sp³-hybridized carbons (Fsp3) is 0.421. The van der Waals surface area contributed by atoms with Gasteiger partial charge in [0.15, 0.2) is 5.16 Å². The van der Waals surface area contributed by atoms with E-state index in [1.54, 1.807) is 34.9 Å². The monoisotopic (exact) mass is 399 g/mol. The van der Waals surface area contributed by atoms with E-state index < -0.39 is 0 Å². The van der Waals surface area contributed by atoms with Crippen molar-refractivity contribution in [2.45, 2.75) is 38.4 Å². The molecule has 0 fully saturated rings. The van der Waals surface area contributed by atoms with Crippen LogP contribution in [0.1, 0.15) is 36.5 Å². The molecule has 0 radical (unpaired) electrons. The van der Waals surface area contributed by atoms with Crippen molar-refractivity contribution in [1.29, 1.82) is 0 Å². The van der Waals surface area contributed by atoms with E-state index in [9.17, 15) is 4.79 Å². The highest BCUT2D eigenvalue weighted by Crippen LogP contribution is 2.16. The van der Waals surface area contributed by atoms with Gasteiger partial charge in [-0.3, -0.25) is 4.79 Å². The van der Waals surface area contributed by atoms with E-state index in [0.717, 1.165) is 36.1 Å². The third kappa shape index (κ3) is 4.98. The van der Waals surface area contributed by atoms with E-state index in [4.69, 9.17) is 0 Å². The molecule has 1 N–H and O–H groups in total. The smallest absolute Gasteiger partial charge is 0.251 e. The van der Waals surface area contributed by atoms with E-state index in [2.05, 4.69) is 44.0 Å². The van der Waals surface area contributed by atoms with Crippen molar-refractivity contribution in [3.8, 4) is 5.69 Å². The fourth-order valence-corrected chi connectivity index (χ4v) is 3.38. The second kappa shape index (κ2) is 9.50. The standard InChI is InChI=1S/C19H25N7OS/c1-14(2)11-25-17(23-24-19(25)28-3)5-4-10-21-18(27)15-6-8-16(9-7-15)26-13-20-12-22-26/h6-9,12-14H,4-5,10-11H2,1-3H3,(H,21,27). The largest absolute Gasteiger partial charge is 0.352 e. The average Bonchev–Trinajstić information content (AvgIpc) is 3.35. The number of nitrogens with one attached hydrogen (secondary N) is 1. The summed E-state index contributed by atoms with van der Waals surface area (Å²) in [5.74, 6) is 1.42. The quantitative estimate of drug-likeness (QED) is 0.439. The number of benzene rings is 1. The first-order chi connectivity index (χ1) is 13.6. The summed E-state index contributed by atoms with van der Waals surface area (Å²) >= 11 is 1.61. The van der Waals surface area contributed by atoms with E-state index in [1.807, 2.05) is 18.4 Å². The van der Waals surface area contributed by atoms with Crippen LogP contribution in [0.2, 0.25) is 0 Å². The Morgan fingerprint density at radius 1 is 1.21 bits per heavy atom. The number of carbonyl (C=O) groups is 1. The lowest BCUT2D eigenvalue weighted by Gasteiger charge is -2.12. The SMILES string of the molecule is CSc1nnc(CCCNC(=O)c2ccc(-n3cncn3)cc2)n1CC(C)C. The Kier molecular flexibility index (Phi) is 6.80. The second-order valence-corrected chi connectivity index (χ2v) is 7.63. The molecule has 0 aliphatic heterocycles. The van der Waals surface area contributed by atoms with Crippen molar-refractivity contribution < 1.29 is 4.79 Å². The van der Waals surface area contributed by atoms with Gasteiger partial charge in [0.25, 0.3) is 5.91 Å². The number of hydrogen-bond donors (Lipinski definition) is 1. The molecule has 0 unspecified atom stereocenters. The Morgan fingerprint density at radius 2 is 2.00 bits per heavy atom. The summed E-state index contributed by atoms with van der Waals surface area (Å²) in [7, 11) is 0. The first-order valence-electron chi connectivity index (χ1n) is 9.27. The first-order valence-corrected chi connectivity index (χ1v) is 10.5. The van der Waals surface area contributed by atoms with Crippen LogP contribution < -0.4 is 5.32 Å². The summed E-state index contributed by atoms with van der Waals surface area (Å²) < 4.78 is 3.83. The minimum atomic E-state index is -0.0846. The molecule has 8 nitrogen and oxygen atoms in total. The van der Waals surface area contributed by atoms with Gasteiger partial charge in [0.05, 0.1) is 5.69 Å². The van der Waals surface area contributed by atoms with Gasteiger partial charge >= 0.3 is 0 Å². The van der Waals surface area contributed by atoms with E-state index in [1.165, 1.54) is 6.33 Å². The molecule has 0 aliphatic carbocycles. The molecule has 0 aliphatic rings. The summed E-state index contributed by atoms with van der Waals surface area (Å²) in [6.45, 7) is 5.86. The molecule has 0 bridgehead atoms.